The molecule has 0 aliphatic carbocycles. The van der Waals surface area contributed by atoms with E-state index in [-0.39, 0.29) is 18.4 Å². The summed E-state index contributed by atoms with van der Waals surface area (Å²) in [5, 5.41) is 2.73. The molecule has 5 heteroatoms. The smallest absolute Gasteiger partial charge is 0.261 e. The van der Waals surface area contributed by atoms with Crippen molar-refractivity contribution in [1.82, 2.24) is 10.2 Å². The van der Waals surface area contributed by atoms with Crippen LogP contribution in [0, 0.1) is 6.92 Å². The first-order chi connectivity index (χ1) is 16.4. The minimum Gasteiger partial charge on any atom is -0.484 e. The fourth-order valence-corrected chi connectivity index (χ4v) is 3.79. The van der Waals surface area contributed by atoms with Crippen molar-refractivity contribution in [2.24, 2.45) is 0 Å². The second kappa shape index (κ2) is 12.0. The summed E-state index contributed by atoms with van der Waals surface area (Å²) in [6.07, 6.45) is 0.418. The highest BCUT2D eigenvalue weighted by Crippen LogP contribution is 2.20. The SMILES string of the molecule is CNC(=O)[C@H](Cc1ccccc1)N(Cc1ccc(C)cc1)C(=O)COc1ccc(C(C)C)cc1. The summed E-state index contributed by atoms with van der Waals surface area (Å²) in [6, 6.07) is 24.9. The van der Waals surface area contributed by atoms with Crippen LogP contribution in [0.25, 0.3) is 0 Å². The van der Waals surface area contributed by atoms with Gasteiger partial charge in [0.15, 0.2) is 6.61 Å². The number of hydrogen-bond acceptors (Lipinski definition) is 3. The van der Waals surface area contributed by atoms with Gasteiger partial charge < -0.3 is 15.0 Å². The van der Waals surface area contributed by atoms with Gasteiger partial charge in [-0.25, -0.2) is 0 Å². The zero-order chi connectivity index (χ0) is 24.5. The maximum Gasteiger partial charge on any atom is 0.261 e. The third-order valence-corrected chi connectivity index (χ3v) is 5.90. The van der Waals surface area contributed by atoms with Crippen molar-refractivity contribution in [3.63, 3.8) is 0 Å². The maximum atomic E-state index is 13.4. The van der Waals surface area contributed by atoms with E-state index in [1.165, 1.54) is 5.56 Å². The van der Waals surface area contributed by atoms with Gasteiger partial charge >= 0.3 is 0 Å². The number of benzene rings is 3. The maximum absolute atomic E-state index is 13.4. The number of nitrogens with zero attached hydrogens (tertiary/aromatic N) is 1. The monoisotopic (exact) mass is 458 g/mol. The van der Waals surface area contributed by atoms with Gasteiger partial charge in [-0.3, -0.25) is 9.59 Å². The van der Waals surface area contributed by atoms with E-state index in [0.717, 1.165) is 16.7 Å². The first kappa shape index (κ1) is 25.0. The Labute approximate surface area is 202 Å². The van der Waals surface area contributed by atoms with Gasteiger partial charge in [0, 0.05) is 20.0 Å². The van der Waals surface area contributed by atoms with Crippen LogP contribution in [-0.4, -0.2) is 36.4 Å². The summed E-state index contributed by atoms with van der Waals surface area (Å²) in [4.78, 5) is 28.0. The summed E-state index contributed by atoms with van der Waals surface area (Å²) in [5.74, 6) is 0.614. The molecule has 3 aromatic rings. The van der Waals surface area contributed by atoms with Crippen LogP contribution in [-0.2, 0) is 22.6 Å². The van der Waals surface area contributed by atoms with Crippen LogP contribution in [0.4, 0.5) is 0 Å². The lowest BCUT2D eigenvalue weighted by atomic mass is 10.0. The molecule has 178 valence electrons. The minimum absolute atomic E-state index is 0.144. The highest BCUT2D eigenvalue weighted by Gasteiger charge is 2.30. The minimum atomic E-state index is -0.659. The number of rotatable bonds is 10. The Hall–Kier alpha value is -3.60. The molecule has 1 N–H and O–H groups in total. The zero-order valence-electron chi connectivity index (χ0n) is 20.5. The molecule has 3 aromatic carbocycles. The molecule has 0 saturated carbocycles. The Balaban J connectivity index is 1.83. The van der Waals surface area contributed by atoms with Crippen molar-refractivity contribution < 1.29 is 14.3 Å². The molecular weight excluding hydrogens is 424 g/mol. The topological polar surface area (TPSA) is 58.6 Å². The van der Waals surface area contributed by atoms with Gasteiger partial charge in [-0.15, -0.1) is 0 Å². The molecule has 0 fully saturated rings. The Morgan fingerprint density at radius 3 is 2.12 bits per heavy atom. The number of carbonyl (C=O) groups excluding carboxylic acids is 2. The summed E-state index contributed by atoms with van der Waals surface area (Å²) < 4.78 is 5.83. The first-order valence-electron chi connectivity index (χ1n) is 11.7. The van der Waals surface area contributed by atoms with Gasteiger partial charge in [0.2, 0.25) is 5.91 Å². The molecule has 0 aliphatic rings. The van der Waals surface area contributed by atoms with E-state index in [2.05, 4.69) is 19.2 Å². The average Bonchev–Trinajstić information content (AvgIpc) is 2.86. The van der Waals surface area contributed by atoms with E-state index in [4.69, 9.17) is 4.74 Å². The fourth-order valence-electron chi connectivity index (χ4n) is 3.79. The normalized spacial score (nSPS) is 11.7. The predicted molar refractivity (Wildman–Crippen MR) is 136 cm³/mol. The largest absolute Gasteiger partial charge is 0.484 e. The van der Waals surface area contributed by atoms with E-state index in [1.54, 1.807) is 11.9 Å². The van der Waals surface area contributed by atoms with Gasteiger partial charge in [0.25, 0.3) is 5.91 Å². The van der Waals surface area contributed by atoms with Crippen molar-refractivity contribution in [1.29, 1.82) is 0 Å². The van der Waals surface area contributed by atoms with Crippen LogP contribution in [0.1, 0.15) is 42.0 Å². The molecule has 5 nitrogen and oxygen atoms in total. The Kier molecular flexibility index (Phi) is 8.86. The van der Waals surface area contributed by atoms with Crippen LogP contribution in [0.2, 0.25) is 0 Å². The molecule has 0 aliphatic heterocycles. The van der Waals surface area contributed by atoms with Crippen LogP contribution in [0.3, 0.4) is 0 Å². The van der Waals surface area contributed by atoms with Crippen LogP contribution in [0.5, 0.6) is 5.75 Å². The van der Waals surface area contributed by atoms with E-state index in [1.807, 2.05) is 85.8 Å². The molecule has 0 saturated heterocycles. The molecule has 0 radical (unpaired) electrons. The third kappa shape index (κ3) is 6.95. The first-order valence-corrected chi connectivity index (χ1v) is 11.7. The van der Waals surface area contributed by atoms with Gasteiger partial charge in [0.05, 0.1) is 0 Å². The molecule has 34 heavy (non-hydrogen) atoms. The third-order valence-electron chi connectivity index (χ3n) is 5.90. The van der Waals surface area contributed by atoms with Crippen molar-refractivity contribution in [3.05, 3.63) is 101 Å². The van der Waals surface area contributed by atoms with Gasteiger partial charge in [-0.05, 0) is 41.7 Å². The standard InChI is InChI=1S/C29H34N2O3/c1-21(2)25-14-16-26(17-15-25)34-20-28(32)31(19-24-12-10-22(3)11-13-24)27(29(33)30-4)18-23-8-6-5-7-9-23/h5-17,21,27H,18-20H2,1-4H3,(H,30,33)/t27-/m0/s1. The van der Waals surface area contributed by atoms with Crippen LogP contribution in [0.15, 0.2) is 78.9 Å². The summed E-state index contributed by atoms with van der Waals surface area (Å²) in [6.45, 7) is 6.46. The lowest BCUT2D eigenvalue weighted by Gasteiger charge is -2.31. The van der Waals surface area contributed by atoms with Crippen LogP contribution < -0.4 is 10.1 Å². The molecule has 1 atom stereocenters. The average molecular weight is 459 g/mol. The molecule has 0 unspecified atom stereocenters. The van der Waals surface area contributed by atoms with Gasteiger partial charge in [-0.1, -0.05) is 86.1 Å². The highest BCUT2D eigenvalue weighted by molar-refractivity contribution is 5.88. The number of aryl methyl sites for hydroxylation is 1. The number of nitrogens with one attached hydrogen (secondary N) is 1. The summed E-state index contributed by atoms with van der Waals surface area (Å²) >= 11 is 0. The van der Waals surface area contributed by atoms with Crippen LogP contribution >= 0.6 is 0 Å². The van der Waals surface area contributed by atoms with Crippen molar-refractivity contribution >= 4 is 11.8 Å². The highest BCUT2D eigenvalue weighted by atomic mass is 16.5. The quantitative estimate of drug-likeness (QED) is 0.471. The van der Waals surface area contributed by atoms with Crippen molar-refractivity contribution in [3.8, 4) is 5.75 Å². The van der Waals surface area contributed by atoms with E-state index < -0.39 is 6.04 Å². The number of amides is 2. The number of hydrogen-bond donors (Lipinski definition) is 1. The van der Waals surface area contributed by atoms with E-state index >= 15 is 0 Å². The molecular formula is C29H34N2O3. The molecule has 0 spiro atoms. The van der Waals surface area contributed by atoms with Gasteiger partial charge in [-0.2, -0.15) is 0 Å². The predicted octanol–water partition coefficient (Wildman–Crippen LogP) is 4.88. The Bertz CT molecular complexity index is 1060. The van der Waals surface area contributed by atoms with E-state index in [0.29, 0.717) is 24.6 Å². The lowest BCUT2D eigenvalue weighted by Crippen LogP contribution is -2.51. The molecule has 0 aromatic heterocycles. The molecule has 0 heterocycles. The Morgan fingerprint density at radius 2 is 1.53 bits per heavy atom. The van der Waals surface area contributed by atoms with E-state index in [9.17, 15) is 9.59 Å². The van der Waals surface area contributed by atoms with Gasteiger partial charge in [0.1, 0.15) is 11.8 Å². The number of carbonyl (C=O) groups is 2. The number of likely N-dealkylation sites (N-methyl/N-ethyl adjacent to an activating group) is 1. The zero-order valence-corrected chi connectivity index (χ0v) is 20.5. The molecule has 2 amide bonds. The lowest BCUT2D eigenvalue weighted by molar-refractivity contribution is -0.142. The second-order valence-corrected chi connectivity index (χ2v) is 8.84. The summed E-state index contributed by atoms with van der Waals surface area (Å²) in [5.41, 5.74) is 4.30. The second-order valence-electron chi connectivity index (χ2n) is 8.84. The number of ether oxygens (including phenoxy) is 1. The van der Waals surface area contributed by atoms with Crippen molar-refractivity contribution in [2.45, 2.75) is 45.7 Å². The molecule has 3 rings (SSSR count). The summed E-state index contributed by atoms with van der Waals surface area (Å²) in [7, 11) is 1.60. The molecule has 0 bridgehead atoms. The Morgan fingerprint density at radius 1 is 0.882 bits per heavy atom. The van der Waals surface area contributed by atoms with Crippen molar-refractivity contribution in [2.75, 3.05) is 13.7 Å². The fraction of sp³-hybridized carbons (Fsp3) is 0.310.